The van der Waals surface area contributed by atoms with Crippen molar-refractivity contribution < 1.29 is 4.79 Å². The molecule has 3 N–H and O–H groups in total. The maximum Gasteiger partial charge on any atom is 0.244 e. The number of nitrogens with two attached hydrogens (primary N) is 1. The number of aromatic nitrogens is 3. The van der Waals surface area contributed by atoms with Crippen LogP contribution in [0.15, 0.2) is 48.9 Å². The fourth-order valence-electron chi connectivity index (χ4n) is 2.65. The van der Waals surface area contributed by atoms with Crippen molar-refractivity contribution >= 4 is 22.6 Å². The molecule has 0 radical (unpaired) electrons. The number of fused-ring (bicyclic) bond motifs is 1. The molecule has 1 aromatic carbocycles. The van der Waals surface area contributed by atoms with Crippen molar-refractivity contribution in [3.8, 4) is 5.82 Å². The lowest BCUT2D eigenvalue weighted by Crippen LogP contribution is -2.48. The van der Waals surface area contributed by atoms with Gasteiger partial charge in [-0.3, -0.25) is 9.36 Å². The van der Waals surface area contributed by atoms with E-state index >= 15 is 0 Å². The number of nitrogens with zero attached hydrogens (tertiary/aromatic N) is 3. The Morgan fingerprint density at radius 2 is 2.04 bits per heavy atom. The summed E-state index contributed by atoms with van der Waals surface area (Å²) in [5.74, 6) is 0.540. The minimum Gasteiger partial charge on any atom is -0.323 e. The molecule has 6 heteroatoms. The summed E-state index contributed by atoms with van der Waals surface area (Å²) >= 11 is 0. The van der Waals surface area contributed by atoms with Crippen molar-refractivity contribution in [2.45, 2.75) is 32.2 Å². The van der Waals surface area contributed by atoms with Crippen LogP contribution in [0, 0.1) is 0 Å². The van der Waals surface area contributed by atoms with E-state index in [-0.39, 0.29) is 5.91 Å². The molecule has 1 atom stereocenters. The molecule has 0 aliphatic rings. The van der Waals surface area contributed by atoms with Crippen LogP contribution in [0.2, 0.25) is 0 Å². The van der Waals surface area contributed by atoms with Crippen LogP contribution in [-0.2, 0) is 4.79 Å². The SMILES string of the molecule is CCCC(C)(N)C(=O)Nc1ccc(-n2cnc3ccccc32)nc1. The number of pyridine rings is 1. The van der Waals surface area contributed by atoms with Crippen molar-refractivity contribution in [1.29, 1.82) is 0 Å². The van der Waals surface area contributed by atoms with E-state index in [9.17, 15) is 4.79 Å². The maximum absolute atomic E-state index is 12.2. The lowest BCUT2D eigenvalue weighted by molar-refractivity contribution is -0.120. The summed E-state index contributed by atoms with van der Waals surface area (Å²) in [6.07, 6.45) is 4.85. The summed E-state index contributed by atoms with van der Waals surface area (Å²) < 4.78 is 1.91. The number of para-hydroxylation sites is 2. The second-order valence-electron chi connectivity index (χ2n) is 6.13. The average Bonchev–Trinajstić information content (AvgIpc) is 2.99. The fourth-order valence-corrected chi connectivity index (χ4v) is 2.65. The van der Waals surface area contributed by atoms with Gasteiger partial charge < -0.3 is 11.1 Å². The Bertz CT molecular complexity index is 851. The highest BCUT2D eigenvalue weighted by Gasteiger charge is 2.27. The third-order valence-corrected chi connectivity index (χ3v) is 3.99. The summed E-state index contributed by atoms with van der Waals surface area (Å²) in [6.45, 7) is 3.75. The minimum atomic E-state index is -0.881. The van der Waals surface area contributed by atoms with Gasteiger partial charge in [0, 0.05) is 0 Å². The topological polar surface area (TPSA) is 85.8 Å². The first-order valence-corrected chi connectivity index (χ1v) is 8.00. The molecule has 3 rings (SSSR count). The van der Waals surface area contributed by atoms with Gasteiger partial charge >= 0.3 is 0 Å². The summed E-state index contributed by atoms with van der Waals surface area (Å²) in [5.41, 5.74) is 7.69. The average molecular weight is 323 g/mol. The molecule has 124 valence electrons. The van der Waals surface area contributed by atoms with Crippen molar-refractivity contribution in [2.24, 2.45) is 5.73 Å². The molecule has 0 spiro atoms. The van der Waals surface area contributed by atoms with E-state index in [0.29, 0.717) is 12.1 Å². The van der Waals surface area contributed by atoms with E-state index in [1.807, 2.05) is 47.9 Å². The standard InChI is InChI=1S/C18H21N5O/c1-3-10-18(2,19)17(24)22-13-8-9-16(20-11-13)23-12-21-14-6-4-5-7-15(14)23/h4-9,11-12H,3,10,19H2,1-2H3,(H,22,24). The van der Waals surface area contributed by atoms with Gasteiger partial charge in [0.2, 0.25) is 5.91 Å². The molecule has 24 heavy (non-hydrogen) atoms. The molecular weight excluding hydrogens is 302 g/mol. The van der Waals surface area contributed by atoms with Gasteiger partial charge in [0.15, 0.2) is 0 Å². The zero-order valence-corrected chi connectivity index (χ0v) is 13.9. The van der Waals surface area contributed by atoms with Crippen LogP contribution < -0.4 is 11.1 Å². The van der Waals surface area contributed by atoms with Crippen LogP contribution in [0.1, 0.15) is 26.7 Å². The van der Waals surface area contributed by atoms with Crippen molar-refractivity contribution in [3.05, 3.63) is 48.9 Å². The quantitative estimate of drug-likeness (QED) is 0.756. The molecule has 0 bridgehead atoms. The second kappa shape index (κ2) is 6.41. The van der Waals surface area contributed by atoms with E-state index in [0.717, 1.165) is 23.3 Å². The van der Waals surface area contributed by atoms with Crippen molar-refractivity contribution in [1.82, 2.24) is 14.5 Å². The molecule has 1 amide bonds. The molecule has 0 saturated heterocycles. The molecule has 6 nitrogen and oxygen atoms in total. The third-order valence-electron chi connectivity index (χ3n) is 3.99. The first kappa shape index (κ1) is 16.1. The smallest absolute Gasteiger partial charge is 0.244 e. The largest absolute Gasteiger partial charge is 0.323 e. The van der Waals surface area contributed by atoms with Gasteiger partial charge in [-0.1, -0.05) is 25.5 Å². The molecule has 0 aliphatic carbocycles. The number of hydrogen-bond acceptors (Lipinski definition) is 4. The highest BCUT2D eigenvalue weighted by molar-refractivity contribution is 5.97. The van der Waals surface area contributed by atoms with Crippen LogP contribution in [-0.4, -0.2) is 26.0 Å². The molecule has 2 heterocycles. The van der Waals surface area contributed by atoms with Gasteiger partial charge in [-0.15, -0.1) is 0 Å². The van der Waals surface area contributed by atoms with Crippen molar-refractivity contribution in [2.75, 3.05) is 5.32 Å². The summed E-state index contributed by atoms with van der Waals surface area (Å²) in [7, 11) is 0. The molecule has 1 unspecified atom stereocenters. The first-order valence-electron chi connectivity index (χ1n) is 8.00. The Morgan fingerprint density at radius 1 is 1.25 bits per heavy atom. The van der Waals surface area contributed by atoms with Gasteiger partial charge in [-0.05, 0) is 37.6 Å². The number of nitrogens with one attached hydrogen (secondary N) is 1. The molecule has 0 fully saturated rings. The monoisotopic (exact) mass is 323 g/mol. The van der Waals surface area contributed by atoms with Gasteiger partial charge in [0.25, 0.3) is 0 Å². The molecule has 0 saturated carbocycles. The zero-order valence-electron chi connectivity index (χ0n) is 13.9. The highest BCUT2D eigenvalue weighted by Crippen LogP contribution is 2.18. The number of carbonyl (C=O) groups excluding carboxylic acids is 1. The maximum atomic E-state index is 12.2. The second-order valence-corrected chi connectivity index (χ2v) is 6.13. The summed E-state index contributed by atoms with van der Waals surface area (Å²) in [6, 6.07) is 11.5. The molecule has 0 aliphatic heterocycles. The van der Waals surface area contributed by atoms with Gasteiger partial charge in [0.1, 0.15) is 12.1 Å². The van der Waals surface area contributed by atoms with E-state index in [1.54, 1.807) is 19.4 Å². The van der Waals surface area contributed by atoms with Crippen LogP contribution in [0.4, 0.5) is 5.69 Å². The number of anilines is 1. The van der Waals surface area contributed by atoms with Gasteiger partial charge in [-0.2, -0.15) is 0 Å². The Kier molecular flexibility index (Phi) is 4.31. The van der Waals surface area contributed by atoms with E-state index in [1.165, 1.54) is 0 Å². The lowest BCUT2D eigenvalue weighted by atomic mass is 9.96. The van der Waals surface area contributed by atoms with Crippen molar-refractivity contribution in [3.63, 3.8) is 0 Å². The fraction of sp³-hybridized carbons (Fsp3) is 0.278. The number of benzene rings is 1. The predicted molar refractivity (Wildman–Crippen MR) is 95.0 cm³/mol. The molecule has 2 aromatic heterocycles. The predicted octanol–water partition coefficient (Wildman–Crippen LogP) is 2.88. The summed E-state index contributed by atoms with van der Waals surface area (Å²) in [5, 5.41) is 2.83. The Hall–Kier alpha value is -2.73. The van der Waals surface area contributed by atoms with Gasteiger partial charge in [-0.25, -0.2) is 9.97 Å². The number of hydrogen-bond donors (Lipinski definition) is 2. The first-order chi connectivity index (χ1) is 11.5. The number of imidazole rings is 1. The Balaban J connectivity index is 1.80. The number of amides is 1. The van der Waals surface area contributed by atoms with E-state index in [4.69, 9.17) is 5.73 Å². The minimum absolute atomic E-state index is 0.202. The lowest BCUT2D eigenvalue weighted by Gasteiger charge is -2.22. The zero-order chi connectivity index (χ0) is 17.2. The van der Waals surface area contributed by atoms with Crippen LogP contribution in [0.5, 0.6) is 0 Å². The van der Waals surface area contributed by atoms with E-state index < -0.39 is 5.54 Å². The Labute approximate surface area is 140 Å². The Morgan fingerprint density at radius 3 is 2.75 bits per heavy atom. The van der Waals surface area contributed by atoms with Crippen LogP contribution >= 0.6 is 0 Å². The van der Waals surface area contributed by atoms with E-state index in [2.05, 4.69) is 15.3 Å². The number of rotatable bonds is 5. The molecule has 3 aromatic rings. The third kappa shape index (κ3) is 3.14. The van der Waals surface area contributed by atoms with Gasteiger partial charge in [0.05, 0.1) is 28.5 Å². The summed E-state index contributed by atoms with van der Waals surface area (Å²) in [4.78, 5) is 21.0. The highest BCUT2D eigenvalue weighted by atomic mass is 16.2. The normalized spacial score (nSPS) is 13.6. The molecular formula is C18H21N5O. The van der Waals surface area contributed by atoms with Crippen LogP contribution in [0.25, 0.3) is 16.9 Å². The van der Waals surface area contributed by atoms with Crippen LogP contribution in [0.3, 0.4) is 0 Å². The number of carbonyl (C=O) groups is 1.